The molecule has 2 aliphatic rings. The average molecular weight is 520 g/mol. The van der Waals surface area contributed by atoms with Crippen LogP contribution >= 0.6 is 0 Å². The lowest BCUT2D eigenvalue weighted by Crippen LogP contribution is -2.44. The Bertz CT molecular complexity index is 1280. The predicted octanol–water partition coefficient (Wildman–Crippen LogP) is 5.60. The number of benzene rings is 1. The molecule has 2 aliphatic heterocycles. The van der Waals surface area contributed by atoms with Gasteiger partial charge in [-0.3, -0.25) is 9.78 Å². The molecule has 0 atom stereocenters. The van der Waals surface area contributed by atoms with E-state index in [4.69, 9.17) is 9.72 Å². The van der Waals surface area contributed by atoms with Gasteiger partial charge in [0.05, 0.1) is 63.4 Å². The zero-order valence-electron chi connectivity index (χ0n) is 24.0. The van der Waals surface area contributed by atoms with Gasteiger partial charge in [-0.2, -0.15) is 0 Å². The highest BCUT2D eigenvalue weighted by atomic mass is 16.5. The topological polar surface area (TPSA) is 74.7 Å². The van der Waals surface area contributed by atoms with Gasteiger partial charge in [0.25, 0.3) is 0 Å². The number of likely N-dealkylation sites (N-methyl/N-ethyl adjacent to an activating group) is 1. The molecule has 1 aromatic heterocycles. The van der Waals surface area contributed by atoms with E-state index in [0.717, 1.165) is 87.9 Å². The second kappa shape index (κ2) is 11.3. The maximum absolute atomic E-state index is 13.2. The van der Waals surface area contributed by atoms with Crippen molar-refractivity contribution in [1.82, 2.24) is 4.98 Å². The molecular weight excluding hydrogens is 476 g/mol. The number of ketones is 1. The lowest BCUT2D eigenvalue weighted by molar-refractivity contribution is -0.884. The number of methoxy groups -OCH3 is 1. The molecule has 1 aromatic carbocycles. The molecule has 0 spiro atoms. The summed E-state index contributed by atoms with van der Waals surface area (Å²) in [7, 11) is 8.20. The molecule has 0 saturated carbocycles. The third-order valence-corrected chi connectivity index (χ3v) is 7.68. The number of aliphatic hydroxyl groups is 1. The highest BCUT2D eigenvalue weighted by Gasteiger charge is 2.29. The Labute approximate surface area is 227 Å². The summed E-state index contributed by atoms with van der Waals surface area (Å²) in [5, 5.41) is 13.3. The van der Waals surface area contributed by atoms with Crippen LogP contribution in [-0.2, 0) is 11.3 Å². The number of nitrogens with zero attached hydrogens (tertiary/aromatic N) is 3. The van der Waals surface area contributed by atoms with Gasteiger partial charge in [-0.1, -0.05) is 13.8 Å². The third kappa shape index (κ3) is 5.94. The van der Waals surface area contributed by atoms with Crippen molar-refractivity contribution in [2.45, 2.75) is 59.0 Å². The first-order chi connectivity index (χ1) is 18.0. The molecule has 2 aromatic rings. The number of ether oxygens (including phenoxy) is 1. The van der Waals surface area contributed by atoms with Gasteiger partial charge in [-0.25, -0.2) is 0 Å². The molecule has 4 rings (SSSR count). The Hall–Kier alpha value is -3.16. The van der Waals surface area contributed by atoms with Gasteiger partial charge in [0.15, 0.2) is 5.78 Å². The second-order valence-electron chi connectivity index (χ2n) is 11.5. The van der Waals surface area contributed by atoms with E-state index in [-0.39, 0.29) is 12.4 Å². The summed E-state index contributed by atoms with van der Waals surface area (Å²) < 4.78 is 6.58. The van der Waals surface area contributed by atoms with Crippen LogP contribution in [0.15, 0.2) is 41.9 Å². The van der Waals surface area contributed by atoms with Crippen LogP contribution in [0.25, 0.3) is 5.57 Å². The maximum atomic E-state index is 13.2. The molecule has 0 radical (unpaired) electrons. The van der Waals surface area contributed by atoms with Crippen LogP contribution in [0.1, 0.15) is 78.3 Å². The van der Waals surface area contributed by atoms with Crippen molar-refractivity contribution < 1.29 is 19.1 Å². The van der Waals surface area contributed by atoms with E-state index in [0.29, 0.717) is 12.3 Å². The van der Waals surface area contributed by atoms with E-state index in [1.165, 1.54) is 5.56 Å². The standard InChI is InChI=1S/C31H43N4O3/c1-20(2)24-17-28-27(16-23(24)19-36)33-31(34(28)4)11-9-8-10-29(37)22-14-21(3)32-26(15-22)25-18-35(5,6)13-12-30(25)38-7/h11,14-17,20,33,36H,8-10,12-13,18-19H2,1-7H3/q+1/b31-11-. The van der Waals surface area contributed by atoms with Gasteiger partial charge in [-0.05, 0) is 67.2 Å². The molecule has 204 valence electrons. The van der Waals surface area contributed by atoms with E-state index in [1.54, 1.807) is 7.11 Å². The van der Waals surface area contributed by atoms with Gasteiger partial charge in [0, 0.05) is 24.7 Å². The highest BCUT2D eigenvalue weighted by molar-refractivity contribution is 5.96. The first-order valence-corrected chi connectivity index (χ1v) is 13.6. The zero-order chi connectivity index (χ0) is 27.6. The lowest BCUT2D eigenvalue weighted by Gasteiger charge is -2.35. The Morgan fingerprint density at radius 1 is 1.26 bits per heavy atom. The van der Waals surface area contributed by atoms with Crippen molar-refractivity contribution in [3.63, 3.8) is 0 Å². The molecule has 38 heavy (non-hydrogen) atoms. The Balaban J connectivity index is 1.42. The normalized spacial score (nSPS) is 17.7. The highest BCUT2D eigenvalue weighted by Crippen LogP contribution is 2.39. The number of nitrogens with one attached hydrogen (secondary N) is 1. The van der Waals surface area contributed by atoms with E-state index in [2.05, 4.69) is 50.3 Å². The number of anilines is 2. The number of carbonyl (C=O) groups is 1. The fourth-order valence-corrected chi connectivity index (χ4v) is 5.47. The Kier molecular flexibility index (Phi) is 8.28. The van der Waals surface area contributed by atoms with Crippen molar-refractivity contribution >= 4 is 22.7 Å². The number of carbonyl (C=O) groups excluding carboxylic acids is 1. The number of hydrogen-bond donors (Lipinski definition) is 2. The minimum absolute atomic E-state index is 0.0322. The lowest BCUT2D eigenvalue weighted by atomic mass is 9.96. The number of rotatable bonds is 9. The minimum atomic E-state index is 0.0322. The van der Waals surface area contributed by atoms with E-state index < -0.39 is 0 Å². The third-order valence-electron chi connectivity index (χ3n) is 7.68. The number of allylic oxidation sites excluding steroid dienone is 1. The molecule has 3 heterocycles. The van der Waals surface area contributed by atoms with Crippen molar-refractivity contribution in [2.75, 3.05) is 51.6 Å². The predicted molar refractivity (Wildman–Crippen MR) is 154 cm³/mol. The molecule has 0 fully saturated rings. The van der Waals surface area contributed by atoms with Gasteiger partial charge < -0.3 is 24.5 Å². The quantitative estimate of drug-likeness (QED) is 0.255. The van der Waals surface area contributed by atoms with Crippen molar-refractivity contribution in [3.8, 4) is 0 Å². The summed E-state index contributed by atoms with van der Waals surface area (Å²) in [6.07, 6.45) is 5.06. The fraction of sp³-hybridized carbons (Fsp3) is 0.484. The average Bonchev–Trinajstić information content (AvgIpc) is 3.18. The minimum Gasteiger partial charge on any atom is -0.500 e. The number of quaternary nitrogens is 1. The summed E-state index contributed by atoms with van der Waals surface area (Å²) in [5.74, 6) is 2.47. The van der Waals surface area contributed by atoms with Crippen LogP contribution in [0.4, 0.5) is 11.4 Å². The van der Waals surface area contributed by atoms with Gasteiger partial charge >= 0.3 is 0 Å². The first-order valence-electron chi connectivity index (χ1n) is 13.6. The van der Waals surface area contributed by atoms with Crippen LogP contribution in [0, 0.1) is 6.92 Å². The maximum Gasteiger partial charge on any atom is 0.163 e. The Morgan fingerprint density at radius 3 is 2.71 bits per heavy atom. The van der Waals surface area contributed by atoms with Crippen LogP contribution in [0.3, 0.4) is 0 Å². The largest absolute Gasteiger partial charge is 0.500 e. The number of aryl methyl sites for hydroxylation is 1. The van der Waals surface area contributed by atoms with Crippen molar-refractivity contribution in [1.29, 1.82) is 0 Å². The number of fused-ring (bicyclic) bond motifs is 1. The molecule has 2 N–H and O–H groups in total. The van der Waals surface area contributed by atoms with Gasteiger partial charge in [0.2, 0.25) is 0 Å². The van der Waals surface area contributed by atoms with Crippen LogP contribution in [0.2, 0.25) is 0 Å². The fourth-order valence-electron chi connectivity index (χ4n) is 5.47. The van der Waals surface area contributed by atoms with Crippen LogP contribution in [0.5, 0.6) is 0 Å². The van der Waals surface area contributed by atoms with Gasteiger partial charge in [-0.15, -0.1) is 0 Å². The SMILES string of the molecule is COC1=C(c2cc(C(=O)CCC/C=C3/Nc4cc(CO)c(C(C)C)cc4N3C)cc(C)n2)C[N+](C)(C)CC1. The molecule has 0 unspecified atom stereocenters. The van der Waals surface area contributed by atoms with E-state index in [9.17, 15) is 9.90 Å². The van der Waals surface area contributed by atoms with Gasteiger partial charge in [0.1, 0.15) is 18.1 Å². The van der Waals surface area contributed by atoms with Crippen LogP contribution < -0.4 is 10.2 Å². The van der Waals surface area contributed by atoms with E-state index in [1.807, 2.05) is 32.2 Å². The van der Waals surface area contributed by atoms with Crippen molar-refractivity contribution in [2.24, 2.45) is 0 Å². The number of pyridine rings is 1. The summed E-state index contributed by atoms with van der Waals surface area (Å²) in [4.78, 5) is 20.1. The zero-order valence-corrected chi connectivity index (χ0v) is 24.0. The number of aliphatic hydroxyl groups excluding tert-OH is 1. The smallest absolute Gasteiger partial charge is 0.163 e. The molecule has 7 heteroatoms. The molecule has 0 bridgehead atoms. The molecule has 0 saturated heterocycles. The van der Waals surface area contributed by atoms with E-state index >= 15 is 0 Å². The number of hydrogen-bond acceptors (Lipinski definition) is 6. The number of unbranched alkanes of at least 4 members (excludes halogenated alkanes) is 1. The van der Waals surface area contributed by atoms with Crippen LogP contribution in [-0.4, -0.2) is 61.7 Å². The molecule has 7 nitrogen and oxygen atoms in total. The Morgan fingerprint density at radius 2 is 2.03 bits per heavy atom. The molecular formula is C31H43N4O3+. The summed E-state index contributed by atoms with van der Waals surface area (Å²) in [6, 6.07) is 8.06. The number of aromatic nitrogens is 1. The molecule has 0 amide bonds. The summed E-state index contributed by atoms with van der Waals surface area (Å²) in [5.41, 5.74) is 7.79. The van der Waals surface area contributed by atoms with Crippen molar-refractivity contribution in [3.05, 3.63) is 70.0 Å². The number of Topliss-reactive ketones (excluding diaryl/α,β-unsaturated/α-hetero) is 1. The molecule has 0 aliphatic carbocycles. The second-order valence-corrected chi connectivity index (χ2v) is 11.5. The summed E-state index contributed by atoms with van der Waals surface area (Å²) in [6.45, 7) is 8.13. The first kappa shape index (κ1) is 27.9. The summed E-state index contributed by atoms with van der Waals surface area (Å²) >= 11 is 0. The monoisotopic (exact) mass is 519 g/mol.